The third kappa shape index (κ3) is 2.81. The van der Waals surface area contributed by atoms with E-state index in [1.54, 1.807) is 12.1 Å². The molecule has 1 aliphatic carbocycles. The Morgan fingerprint density at radius 2 is 1.65 bits per heavy atom. The SMILES string of the molecule is O=C([O-])[C@H](Cc1ccc(O)cc1)N1C(=O)[C@H]2CCCC[C@H]2C1=O. The lowest BCUT2D eigenvalue weighted by molar-refractivity contribution is -0.310. The molecule has 1 saturated carbocycles. The highest BCUT2D eigenvalue weighted by Gasteiger charge is 2.50. The Bertz CT molecular complexity index is 615. The van der Waals surface area contributed by atoms with E-state index in [0.29, 0.717) is 18.4 Å². The standard InChI is InChI=1S/C17H19NO5/c19-11-7-5-10(6-8-11)9-14(17(22)23)18-15(20)12-3-1-2-4-13(12)16(18)21/h5-8,12-14,19H,1-4,9H2,(H,22,23)/p-1/t12-,13+,14-/m0/s1. The number of likely N-dealkylation sites (tertiary alicyclic amines) is 1. The molecule has 1 aromatic carbocycles. The highest BCUT2D eigenvalue weighted by atomic mass is 16.4. The molecule has 3 rings (SSSR count). The predicted molar refractivity (Wildman–Crippen MR) is 77.9 cm³/mol. The van der Waals surface area contributed by atoms with Gasteiger partial charge in [0.2, 0.25) is 11.8 Å². The molecule has 0 radical (unpaired) electrons. The number of aromatic hydroxyl groups is 1. The van der Waals surface area contributed by atoms with Crippen molar-refractivity contribution in [1.29, 1.82) is 0 Å². The van der Waals surface area contributed by atoms with Crippen molar-refractivity contribution >= 4 is 17.8 Å². The number of phenols is 1. The van der Waals surface area contributed by atoms with Crippen LogP contribution in [-0.2, 0) is 20.8 Å². The molecule has 0 unspecified atom stereocenters. The Morgan fingerprint density at radius 1 is 1.13 bits per heavy atom. The Labute approximate surface area is 133 Å². The number of imide groups is 1. The molecule has 6 nitrogen and oxygen atoms in total. The van der Waals surface area contributed by atoms with E-state index < -0.39 is 12.0 Å². The van der Waals surface area contributed by atoms with E-state index >= 15 is 0 Å². The molecule has 1 N–H and O–H groups in total. The molecular formula is C17H18NO5-. The van der Waals surface area contributed by atoms with Crippen molar-refractivity contribution in [3.8, 4) is 5.75 Å². The first kappa shape index (κ1) is 15.5. The molecule has 2 aliphatic rings. The van der Waals surface area contributed by atoms with Crippen molar-refractivity contribution in [3.63, 3.8) is 0 Å². The van der Waals surface area contributed by atoms with Crippen LogP contribution in [-0.4, -0.2) is 33.8 Å². The van der Waals surface area contributed by atoms with Gasteiger partial charge >= 0.3 is 0 Å². The molecule has 0 bridgehead atoms. The topological polar surface area (TPSA) is 97.7 Å². The lowest BCUT2D eigenvalue weighted by Crippen LogP contribution is -2.52. The van der Waals surface area contributed by atoms with Crippen molar-refractivity contribution in [2.45, 2.75) is 38.1 Å². The van der Waals surface area contributed by atoms with E-state index in [9.17, 15) is 24.6 Å². The molecule has 23 heavy (non-hydrogen) atoms. The summed E-state index contributed by atoms with van der Waals surface area (Å²) < 4.78 is 0. The van der Waals surface area contributed by atoms with Gasteiger partial charge in [0, 0.05) is 0 Å². The van der Waals surface area contributed by atoms with Gasteiger partial charge in [0.15, 0.2) is 0 Å². The fourth-order valence-electron chi connectivity index (χ4n) is 3.63. The number of carboxylic acid groups (broad SMARTS) is 1. The van der Waals surface area contributed by atoms with Gasteiger partial charge in [-0.05, 0) is 37.0 Å². The first-order chi connectivity index (χ1) is 11.0. The fraction of sp³-hybridized carbons (Fsp3) is 0.471. The second-order valence-electron chi connectivity index (χ2n) is 6.25. The van der Waals surface area contributed by atoms with Crippen LogP contribution in [0.25, 0.3) is 0 Å². The molecule has 1 saturated heterocycles. The van der Waals surface area contributed by atoms with E-state index in [1.807, 2.05) is 0 Å². The molecule has 1 aromatic rings. The second kappa shape index (κ2) is 6.02. The van der Waals surface area contributed by atoms with Crippen LogP contribution >= 0.6 is 0 Å². The molecule has 1 heterocycles. The quantitative estimate of drug-likeness (QED) is 0.802. The minimum absolute atomic E-state index is 0.0144. The zero-order valence-corrected chi connectivity index (χ0v) is 12.6. The van der Waals surface area contributed by atoms with Crippen molar-refractivity contribution < 1.29 is 24.6 Å². The minimum atomic E-state index is -1.43. The molecule has 122 valence electrons. The number of carbonyl (C=O) groups is 3. The number of hydrogen-bond acceptors (Lipinski definition) is 5. The average Bonchev–Trinajstić information content (AvgIpc) is 2.79. The number of hydrogen-bond donors (Lipinski definition) is 1. The molecule has 2 fully saturated rings. The Hall–Kier alpha value is -2.37. The highest BCUT2D eigenvalue weighted by Crippen LogP contribution is 2.39. The smallest absolute Gasteiger partial charge is 0.233 e. The lowest BCUT2D eigenvalue weighted by atomic mass is 9.81. The van der Waals surface area contributed by atoms with Crippen LogP contribution in [0.15, 0.2) is 24.3 Å². The van der Waals surface area contributed by atoms with E-state index in [0.717, 1.165) is 17.7 Å². The monoisotopic (exact) mass is 316 g/mol. The number of aliphatic carboxylic acids is 1. The van der Waals surface area contributed by atoms with Gasteiger partial charge in [0.25, 0.3) is 0 Å². The third-order valence-electron chi connectivity index (χ3n) is 4.82. The first-order valence-corrected chi connectivity index (χ1v) is 7.84. The van der Waals surface area contributed by atoms with Gasteiger partial charge in [-0.2, -0.15) is 0 Å². The van der Waals surface area contributed by atoms with Crippen LogP contribution in [0.4, 0.5) is 0 Å². The van der Waals surface area contributed by atoms with Crippen LogP contribution in [0.5, 0.6) is 5.75 Å². The number of rotatable bonds is 4. The summed E-state index contributed by atoms with van der Waals surface area (Å²) in [6.45, 7) is 0. The molecule has 0 spiro atoms. The Morgan fingerprint density at radius 3 is 2.13 bits per heavy atom. The van der Waals surface area contributed by atoms with E-state index in [-0.39, 0.29) is 35.8 Å². The molecular weight excluding hydrogens is 298 g/mol. The van der Waals surface area contributed by atoms with Gasteiger partial charge in [0.05, 0.1) is 23.8 Å². The van der Waals surface area contributed by atoms with Crippen LogP contribution in [0.2, 0.25) is 0 Å². The maximum atomic E-state index is 12.5. The summed E-state index contributed by atoms with van der Waals surface area (Å²) in [5, 5.41) is 20.8. The average molecular weight is 316 g/mol. The normalized spacial score (nSPS) is 25.3. The molecule has 3 atom stereocenters. The van der Waals surface area contributed by atoms with E-state index in [1.165, 1.54) is 12.1 Å². The predicted octanol–water partition coefficient (Wildman–Crippen LogP) is 0.228. The molecule has 0 aromatic heterocycles. The number of fused-ring (bicyclic) bond motifs is 1. The molecule has 2 amide bonds. The van der Waals surface area contributed by atoms with Crippen molar-refractivity contribution in [1.82, 2.24) is 4.90 Å². The summed E-state index contributed by atoms with van der Waals surface area (Å²) in [6, 6.07) is 4.72. The summed E-state index contributed by atoms with van der Waals surface area (Å²) in [4.78, 5) is 37.5. The van der Waals surface area contributed by atoms with Gasteiger partial charge in [0.1, 0.15) is 5.75 Å². The first-order valence-electron chi connectivity index (χ1n) is 7.84. The van der Waals surface area contributed by atoms with Gasteiger partial charge in [-0.1, -0.05) is 25.0 Å². The summed E-state index contributed by atoms with van der Waals surface area (Å²) in [5.41, 5.74) is 0.618. The Kier molecular flexibility index (Phi) is 4.07. The maximum absolute atomic E-state index is 12.5. The number of benzene rings is 1. The second-order valence-corrected chi connectivity index (χ2v) is 6.25. The van der Waals surface area contributed by atoms with Crippen LogP contribution in [0.1, 0.15) is 31.2 Å². The Balaban J connectivity index is 1.85. The summed E-state index contributed by atoms with van der Waals surface area (Å²) >= 11 is 0. The van der Waals surface area contributed by atoms with Gasteiger partial charge in [-0.3, -0.25) is 14.5 Å². The van der Waals surface area contributed by atoms with E-state index in [2.05, 4.69) is 0 Å². The summed E-state index contributed by atoms with van der Waals surface area (Å²) in [7, 11) is 0. The number of phenolic OH excluding ortho intramolecular Hbond substituents is 1. The fourth-order valence-corrected chi connectivity index (χ4v) is 3.63. The summed E-state index contributed by atoms with van der Waals surface area (Å²) in [6.07, 6.45) is 3.05. The van der Waals surface area contributed by atoms with Gasteiger partial charge < -0.3 is 15.0 Å². The molecule has 1 aliphatic heterocycles. The lowest BCUT2D eigenvalue weighted by Gasteiger charge is -2.27. The maximum Gasteiger partial charge on any atom is 0.233 e. The zero-order valence-electron chi connectivity index (χ0n) is 12.6. The van der Waals surface area contributed by atoms with Crippen molar-refractivity contribution in [2.24, 2.45) is 11.8 Å². The van der Waals surface area contributed by atoms with Crippen molar-refractivity contribution in [2.75, 3.05) is 0 Å². The van der Waals surface area contributed by atoms with Gasteiger partial charge in [-0.25, -0.2) is 0 Å². The van der Waals surface area contributed by atoms with Crippen molar-refractivity contribution in [3.05, 3.63) is 29.8 Å². The van der Waals surface area contributed by atoms with Crippen LogP contribution in [0, 0.1) is 11.8 Å². The number of carbonyl (C=O) groups excluding carboxylic acids is 3. The summed E-state index contributed by atoms with van der Waals surface area (Å²) in [5.74, 6) is -2.88. The van der Waals surface area contributed by atoms with Crippen LogP contribution in [0.3, 0.4) is 0 Å². The van der Waals surface area contributed by atoms with E-state index in [4.69, 9.17) is 0 Å². The third-order valence-corrected chi connectivity index (χ3v) is 4.82. The zero-order chi connectivity index (χ0) is 16.6. The van der Waals surface area contributed by atoms with Gasteiger partial charge in [-0.15, -0.1) is 0 Å². The largest absolute Gasteiger partial charge is 0.548 e. The number of nitrogens with zero attached hydrogens (tertiary/aromatic N) is 1. The number of carboxylic acids is 1. The number of amides is 2. The van der Waals surface area contributed by atoms with Crippen LogP contribution < -0.4 is 5.11 Å². The minimum Gasteiger partial charge on any atom is -0.548 e. The molecule has 6 heteroatoms. The highest BCUT2D eigenvalue weighted by molar-refractivity contribution is 6.07.